The van der Waals surface area contributed by atoms with Crippen molar-refractivity contribution in [1.29, 1.82) is 0 Å². The monoisotopic (exact) mass is 911 g/mol. The normalized spacial score (nSPS) is 15.4. The second-order valence-corrected chi connectivity index (χ2v) is 26.0. The van der Waals surface area contributed by atoms with E-state index in [9.17, 15) is 0 Å². The van der Waals surface area contributed by atoms with Crippen molar-refractivity contribution in [2.75, 3.05) is 0 Å². The van der Waals surface area contributed by atoms with Gasteiger partial charge >= 0.3 is 0 Å². The van der Waals surface area contributed by atoms with Gasteiger partial charge < -0.3 is 4.98 Å². The molecule has 69 heavy (non-hydrogen) atoms. The number of aromatic amines is 1. The van der Waals surface area contributed by atoms with Gasteiger partial charge in [-0.2, -0.15) is 0 Å². The zero-order chi connectivity index (χ0) is 45.9. The van der Waals surface area contributed by atoms with Crippen LogP contribution >= 0.6 is 0 Å². The van der Waals surface area contributed by atoms with Crippen molar-refractivity contribution >= 4 is 57.8 Å². The van der Waals surface area contributed by atoms with Gasteiger partial charge in [0.1, 0.15) is 0 Å². The Hall–Kier alpha value is -8.09. The van der Waals surface area contributed by atoms with Crippen molar-refractivity contribution in [3.05, 3.63) is 336 Å². The molecule has 11 aromatic rings. The molecule has 1 aromatic heterocycles. The van der Waals surface area contributed by atoms with Gasteiger partial charge in [0.25, 0.3) is 0 Å². The third-order valence-corrected chi connectivity index (χ3v) is 25.3. The lowest BCUT2D eigenvalue weighted by atomic mass is 9.63. The lowest BCUT2D eigenvalue weighted by molar-refractivity contribution is 0.725. The number of rotatable bonds is 8. The zero-order valence-electron chi connectivity index (χ0n) is 38.2. The lowest BCUT2D eigenvalue weighted by Gasteiger charge is -2.52. The molecule has 0 fully saturated rings. The molecular weight excluding hydrogens is 863 g/mol. The molecule has 0 amide bonds. The first-order valence-corrected chi connectivity index (χ1v) is 28.2. The van der Waals surface area contributed by atoms with Crippen LogP contribution < -0.4 is 41.6 Å². The van der Waals surface area contributed by atoms with Gasteiger partial charge in [-0.05, 0) is 75.3 Å². The summed E-state index contributed by atoms with van der Waals surface area (Å²) in [6.07, 6.45) is 0. The summed E-state index contributed by atoms with van der Waals surface area (Å²) in [5.41, 5.74) is 8.76. The summed E-state index contributed by atoms with van der Waals surface area (Å²) in [7, 11) is -6.72. The van der Waals surface area contributed by atoms with Gasteiger partial charge in [-0.25, -0.2) is 0 Å². The highest BCUT2D eigenvalue weighted by molar-refractivity contribution is 7.23. The van der Waals surface area contributed by atoms with E-state index in [0.717, 1.165) is 0 Å². The third-order valence-electron chi connectivity index (χ3n) is 15.6. The predicted molar refractivity (Wildman–Crippen MR) is 292 cm³/mol. The molecule has 0 aliphatic carbocycles. The smallest absolute Gasteiger partial charge is 0.199 e. The van der Waals surface area contributed by atoms with Crippen LogP contribution in [-0.2, 0) is 10.8 Å². The van der Waals surface area contributed by atoms with Gasteiger partial charge in [-0.1, -0.05) is 291 Å². The SMILES string of the molecule is c1ccc(C2(c3ccccc3)c3ccccc3[Si](c3ccccc3)(c3ccccc3)c3c2[nH]c2c3C(c3ccccc3)(c3ccccc3)c3ccccc3[Si]2(c2ccccc2)c2ccccc2)cc1. The van der Waals surface area contributed by atoms with Crippen molar-refractivity contribution < 1.29 is 0 Å². The van der Waals surface area contributed by atoms with E-state index in [0.29, 0.717) is 0 Å². The van der Waals surface area contributed by atoms with Crippen LogP contribution in [0.3, 0.4) is 0 Å². The Balaban J connectivity index is 1.40. The van der Waals surface area contributed by atoms with Gasteiger partial charge in [0, 0.05) is 11.0 Å². The zero-order valence-corrected chi connectivity index (χ0v) is 40.2. The van der Waals surface area contributed by atoms with E-state index in [1.807, 2.05) is 0 Å². The highest BCUT2D eigenvalue weighted by atomic mass is 28.3. The maximum absolute atomic E-state index is 4.80. The van der Waals surface area contributed by atoms with Gasteiger partial charge in [-0.15, -0.1) is 0 Å². The Morgan fingerprint density at radius 1 is 0.261 bits per heavy atom. The fourth-order valence-electron chi connectivity index (χ4n) is 13.2. The molecular formula is C66H49NSi2. The molecule has 10 aromatic carbocycles. The molecule has 0 spiro atoms. The van der Waals surface area contributed by atoms with Crippen LogP contribution in [0, 0.1) is 0 Å². The Morgan fingerprint density at radius 3 is 0.913 bits per heavy atom. The molecule has 2 aliphatic rings. The van der Waals surface area contributed by atoms with E-state index in [2.05, 4.69) is 291 Å². The molecule has 1 nitrogen and oxygen atoms in total. The average molecular weight is 912 g/mol. The van der Waals surface area contributed by atoms with E-state index in [4.69, 9.17) is 4.98 Å². The molecule has 3 heteroatoms. The Bertz CT molecular complexity index is 3180. The summed E-state index contributed by atoms with van der Waals surface area (Å²) < 4.78 is 0. The van der Waals surface area contributed by atoms with Crippen LogP contribution in [0.4, 0.5) is 0 Å². The molecule has 326 valence electrons. The van der Waals surface area contributed by atoms with Crippen molar-refractivity contribution in [3.8, 4) is 0 Å². The van der Waals surface area contributed by atoms with E-state index >= 15 is 0 Å². The van der Waals surface area contributed by atoms with Crippen LogP contribution in [0.2, 0.25) is 0 Å². The quantitative estimate of drug-likeness (QED) is 0.147. The molecule has 2 aliphatic heterocycles. The first kappa shape index (κ1) is 41.1. The van der Waals surface area contributed by atoms with Crippen LogP contribution in [0.25, 0.3) is 0 Å². The van der Waals surface area contributed by atoms with Crippen molar-refractivity contribution in [2.45, 2.75) is 10.8 Å². The van der Waals surface area contributed by atoms with Gasteiger partial charge in [0.05, 0.1) is 10.8 Å². The van der Waals surface area contributed by atoms with Crippen LogP contribution in [0.15, 0.2) is 291 Å². The first-order valence-electron chi connectivity index (χ1n) is 24.2. The minimum absolute atomic E-state index is 0.759. The fraction of sp³-hybridized carbons (Fsp3) is 0.0303. The minimum Gasteiger partial charge on any atom is -0.363 e. The Labute approximate surface area is 407 Å². The molecule has 0 saturated heterocycles. The minimum atomic E-state index is -3.41. The van der Waals surface area contributed by atoms with E-state index < -0.39 is 27.0 Å². The topological polar surface area (TPSA) is 15.8 Å². The van der Waals surface area contributed by atoms with E-state index in [-0.39, 0.29) is 0 Å². The van der Waals surface area contributed by atoms with Crippen LogP contribution in [-0.4, -0.2) is 21.1 Å². The van der Waals surface area contributed by atoms with Crippen molar-refractivity contribution in [2.24, 2.45) is 0 Å². The second-order valence-electron chi connectivity index (χ2n) is 18.6. The molecule has 0 bridgehead atoms. The van der Waals surface area contributed by atoms with E-state index in [1.54, 1.807) is 0 Å². The maximum atomic E-state index is 4.80. The summed E-state index contributed by atoms with van der Waals surface area (Å²) >= 11 is 0. The number of hydrogen-bond donors (Lipinski definition) is 1. The maximum Gasteiger partial charge on any atom is 0.199 e. The van der Waals surface area contributed by atoms with Gasteiger partial charge in [0.2, 0.25) is 0 Å². The van der Waals surface area contributed by atoms with Crippen molar-refractivity contribution in [3.63, 3.8) is 0 Å². The van der Waals surface area contributed by atoms with Crippen LogP contribution in [0.1, 0.15) is 44.6 Å². The molecule has 0 saturated carbocycles. The largest absolute Gasteiger partial charge is 0.363 e. The van der Waals surface area contributed by atoms with Crippen molar-refractivity contribution in [1.82, 2.24) is 4.98 Å². The molecule has 0 radical (unpaired) electrons. The molecule has 1 N–H and O–H groups in total. The summed E-state index contributed by atoms with van der Waals surface area (Å²) in [6.45, 7) is 0. The van der Waals surface area contributed by atoms with Gasteiger partial charge in [-0.3, -0.25) is 0 Å². The third kappa shape index (κ3) is 5.57. The number of nitrogens with one attached hydrogen (secondary N) is 1. The molecule has 0 atom stereocenters. The van der Waals surface area contributed by atoms with Gasteiger partial charge in [0.15, 0.2) is 16.1 Å². The fourth-order valence-corrected chi connectivity index (χ4v) is 24.0. The summed E-state index contributed by atoms with van der Waals surface area (Å²) in [5.74, 6) is 0. The first-order chi connectivity index (χ1) is 34.3. The Morgan fingerprint density at radius 2 is 0.536 bits per heavy atom. The Kier molecular flexibility index (Phi) is 9.72. The predicted octanol–water partition coefficient (Wildman–Crippen LogP) is 9.16. The summed E-state index contributed by atoms with van der Waals surface area (Å²) in [5, 5.41) is 11.0. The highest BCUT2D eigenvalue weighted by Crippen LogP contribution is 2.52. The number of aromatic nitrogens is 1. The second kappa shape index (κ2) is 16.3. The number of H-pyrrole nitrogens is 1. The summed E-state index contributed by atoms with van der Waals surface area (Å²) in [6, 6.07) is 111. The standard InChI is InChI=1S/C66H49NSi2/c1-9-29-49(30-10-1)65(50-31-11-2-12-32-50)57-45-25-28-48-60(57)69(55-41-21-7-22-42-55,56-43-23-8-24-44-56)64-61(65)62-63(67-64)66(51-33-13-3-14-34-51,52-35-15-4-16-36-52)58-46-26-27-47-59(58)68(62,53-37-17-5-18-38-53)54-39-19-6-20-40-54/h1-48,67H. The van der Waals surface area contributed by atoms with E-state index in [1.165, 1.54) is 86.3 Å². The van der Waals surface area contributed by atoms with Crippen LogP contribution in [0.5, 0.6) is 0 Å². The number of fused-ring (bicyclic) bond motifs is 5. The average Bonchev–Trinajstić information content (AvgIpc) is 3.85. The lowest BCUT2D eigenvalue weighted by Crippen LogP contribution is -2.82. The molecule has 0 unspecified atom stereocenters. The highest BCUT2D eigenvalue weighted by Gasteiger charge is 2.64. The molecule has 13 rings (SSSR count). The summed E-state index contributed by atoms with van der Waals surface area (Å²) in [4.78, 5) is 4.80. The molecule has 3 heterocycles. The number of benzene rings is 10. The number of hydrogen-bond acceptors (Lipinski definition) is 0.